The number of piperazine rings is 1. The largest absolute Gasteiger partial charge is 0.486 e. The van der Waals surface area contributed by atoms with Gasteiger partial charge in [-0.1, -0.05) is 31.0 Å². The number of hydrogen-bond donors (Lipinski definition) is 1. The number of anilines is 1. The molecule has 1 amide bonds. The maximum atomic E-state index is 13.6. The van der Waals surface area contributed by atoms with Gasteiger partial charge in [0.25, 0.3) is 0 Å². The minimum Gasteiger partial charge on any atom is -0.486 e. The van der Waals surface area contributed by atoms with Gasteiger partial charge in [0.15, 0.2) is 11.5 Å². The Hall–Kier alpha value is -2.57. The van der Waals surface area contributed by atoms with Gasteiger partial charge in [0.2, 0.25) is 5.91 Å². The van der Waals surface area contributed by atoms with Gasteiger partial charge in [-0.05, 0) is 55.3 Å². The molecule has 0 bridgehead atoms. The van der Waals surface area contributed by atoms with E-state index < -0.39 is 5.41 Å². The number of likely N-dealkylation sites (N-methyl/N-ethyl adjacent to an activating group) is 1. The fourth-order valence-corrected chi connectivity index (χ4v) is 5.23. The number of fused-ring (bicyclic) bond motifs is 1. The average Bonchev–Trinajstić information content (AvgIpc) is 3.32. The van der Waals surface area contributed by atoms with Crippen molar-refractivity contribution >= 4 is 11.6 Å². The van der Waals surface area contributed by atoms with E-state index >= 15 is 0 Å². The second-order valence-electron chi connectivity index (χ2n) is 9.38. The molecule has 1 aliphatic carbocycles. The predicted molar refractivity (Wildman–Crippen MR) is 125 cm³/mol. The van der Waals surface area contributed by atoms with Crippen molar-refractivity contribution in [2.75, 3.05) is 51.8 Å². The van der Waals surface area contributed by atoms with Crippen LogP contribution < -0.4 is 14.8 Å². The van der Waals surface area contributed by atoms with Crippen molar-refractivity contribution < 1.29 is 14.3 Å². The van der Waals surface area contributed by atoms with Gasteiger partial charge in [0, 0.05) is 38.4 Å². The van der Waals surface area contributed by atoms with Crippen LogP contribution in [0, 0.1) is 0 Å². The minimum absolute atomic E-state index is 0.0865. The number of nitrogens with zero attached hydrogens (tertiary/aromatic N) is 2. The normalized spacial score (nSPS) is 20.8. The second-order valence-corrected chi connectivity index (χ2v) is 9.38. The fourth-order valence-electron chi connectivity index (χ4n) is 5.23. The molecular weight excluding hydrogens is 402 g/mol. The highest BCUT2D eigenvalue weighted by Gasteiger charge is 2.43. The molecule has 2 aliphatic heterocycles. The van der Waals surface area contributed by atoms with Crippen molar-refractivity contribution in [1.82, 2.24) is 9.80 Å². The molecule has 2 heterocycles. The fraction of sp³-hybridized carbons (Fsp3) is 0.500. The first-order valence-corrected chi connectivity index (χ1v) is 11.8. The highest BCUT2D eigenvalue weighted by atomic mass is 16.6. The summed E-state index contributed by atoms with van der Waals surface area (Å²) in [5.41, 5.74) is 2.64. The van der Waals surface area contributed by atoms with E-state index in [1.807, 2.05) is 30.3 Å². The highest BCUT2D eigenvalue weighted by Crippen LogP contribution is 2.45. The number of carbonyl (C=O) groups excluding carboxylic acids is 1. The first kappa shape index (κ1) is 21.3. The smallest absolute Gasteiger partial charge is 0.235 e. The van der Waals surface area contributed by atoms with Crippen molar-refractivity contribution in [2.45, 2.75) is 37.6 Å². The second kappa shape index (κ2) is 9.12. The van der Waals surface area contributed by atoms with Gasteiger partial charge in [-0.3, -0.25) is 9.69 Å². The maximum Gasteiger partial charge on any atom is 0.235 e. The summed E-state index contributed by atoms with van der Waals surface area (Å²) in [7, 11) is 2.17. The molecule has 0 radical (unpaired) electrons. The summed E-state index contributed by atoms with van der Waals surface area (Å²) in [6.45, 7) is 6.42. The van der Waals surface area contributed by atoms with Crippen LogP contribution in [0.1, 0.15) is 36.8 Å². The lowest BCUT2D eigenvalue weighted by atomic mass is 9.77. The average molecular weight is 436 g/mol. The standard InChI is InChI=1S/C26H33N3O3/c1-28-11-13-29(14-12-28)19-20-5-4-6-22(17-20)27-25(30)26(9-2-3-10-26)21-7-8-23-24(18-21)32-16-15-31-23/h4-8,17-18H,2-3,9-16,19H2,1H3,(H,27,30). The molecule has 0 atom stereocenters. The Morgan fingerprint density at radius 1 is 0.969 bits per heavy atom. The Kier molecular flexibility index (Phi) is 6.07. The van der Waals surface area contributed by atoms with Gasteiger partial charge in [-0.25, -0.2) is 0 Å². The van der Waals surface area contributed by atoms with Crippen LogP contribution in [0.2, 0.25) is 0 Å². The summed E-state index contributed by atoms with van der Waals surface area (Å²) in [6.07, 6.45) is 3.84. The van der Waals surface area contributed by atoms with E-state index in [9.17, 15) is 4.79 Å². The lowest BCUT2D eigenvalue weighted by Crippen LogP contribution is -2.43. The molecule has 2 aromatic rings. The van der Waals surface area contributed by atoms with E-state index in [0.29, 0.717) is 13.2 Å². The zero-order valence-electron chi connectivity index (χ0n) is 18.9. The molecule has 1 saturated heterocycles. The van der Waals surface area contributed by atoms with E-state index in [4.69, 9.17) is 9.47 Å². The summed E-state index contributed by atoms with van der Waals surface area (Å²) < 4.78 is 11.5. The molecular formula is C26H33N3O3. The summed E-state index contributed by atoms with van der Waals surface area (Å²) in [5, 5.41) is 3.25. The topological polar surface area (TPSA) is 54.0 Å². The van der Waals surface area contributed by atoms with E-state index in [0.717, 1.165) is 81.2 Å². The lowest BCUT2D eigenvalue weighted by Gasteiger charge is -2.32. The first-order chi connectivity index (χ1) is 15.6. The van der Waals surface area contributed by atoms with Gasteiger partial charge in [-0.15, -0.1) is 0 Å². The quantitative estimate of drug-likeness (QED) is 0.777. The molecule has 2 fully saturated rings. The third kappa shape index (κ3) is 4.34. The van der Waals surface area contributed by atoms with Crippen molar-refractivity contribution in [3.8, 4) is 11.5 Å². The SMILES string of the molecule is CN1CCN(Cc2cccc(NC(=O)C3(c4ccc5c(c4)OCCO5)CCCC3)c2)CC1. The zero-order valence-corrected chi connectivity index (χ0v) is 18.9. The van der Waals surface area contributed by atoms with E-state index in [1.54, 1.807) is 0 Å². The Morgan fingerprint density at radius 3 is 2.50 bits per heavy atom. The van der Waals surface area contributed by atoms with Gasteiger partial charge in [0.1, 0.15) is 13.2 Å². The molecule has 6 heteroatoms. The minimum atomic E-state index is -0.511. The Balaban J connectivity index is 1.33. The molecule has 32 heavy (non-hydrogen) atoms. The van der Waals surface area contributed by atoms with E-state index in [2.05, 4.69) is 34.3 Å². The van der Waals surface area contributed by atoms with Gasteiger partial charge in [0.05, 0.1) is 5.41 Å². The first-order valence-electron chi connectivity index (χ1n) is 11.8. The molecule has 0 unspecified atom stereocenters. The van der Waals surface area contributed by atoms with Crippen LogP contribution in [0.5, 0.6) is 11.5 Å². The number of hydrogen-bond acceptors (Lipinski definition) is 5. The molecule has 1 saturated carbocycles. The molecule has 3 aliphatic rings. The Morgan fingerprint density at radius 2 is 1.72 bits per heavy atom. The number of carbonyl (C=O) groups is 1. The van der Waals surface area contributed by atoms with Crippen molar-refractivity contribution in [3.63, 3.8) is 0 Å². The number of benzene rings is 2. The maximum absolute atomic E-state index is 13.6. The van der Waals surface area contributed by atoms with Gasteiger partial charge < -0.3 is 19.7 Å². The number of amides is 1. The van der Waals surface area contributed by atoms with Crippen LogP contribution in [0.15, 0.2) is 42.5 Å². The molecule has 2 aromatic carbocycles. The Bertz CT molecular complexity index is 963. The summed E-state index contributed by atoms with van der Waals surface area (Å²) >= 11 is 0. The molecule has 0 spiro atoms. The number of ether oxygens (including phenoxy) is 2. The number of nitrogens with one attached hydrogen (secondary N) is 1. The van der Waals surface area contributed by atoms with E-state index in [-0.39, 0.29) is 5.91 Å². The molecule has 170 valence electrons. The summed E-state index contributed by atoms with van der Waals surface area (Å²) in [6, 6.07) is 14.3. The molecule has 5 rings (SSSR count). The van der Waals surface area contributed by atoms with E-state index in [1.165, 1.54) is 5.56 Å². The summed E-state index contributed by atoms with van der Waals surface area (Å²) in [5.74, 6) is 1.61. The number of rotatable bonds is 5. The van der Waals surface area contributed by atoms with Crippen molar-refractivity contribution in [1.29, 1.82) is 0 Å². The van der Waals surface area contributed by atoms with Crippen LogP contribution in [-0.4, -0.2) is 62.1 Å². The zero-order chi connectivity index (χ0) is 22.0. The highest BCUT2D eigenvalue weighted by molar-refractivity contribution is 5.99. The monoisotopic (exact) mass is 435 g/mol. The van der Waals surface area contributed by atoms with Crippen molar-refractivity contribution in [2.24, 2.45) is 0 Å². The lowest BCUT2D eigenvalue weighted by molar-refractivity contribution is -0.121. The predicted octanol–water partition coefficient (Wildman–Crippen LogP) is 3.66. The van der Waals surface area contributed by atoms with Gasteiger partial charge in [-0.2, -0.15) is 0 Å². The molecule has 0 aromatic heterocycles. The molecule has 6 nitrogen and oxygen atoms in total. The Labute approximate surface area is 190 Å². The van der Waals surface area contributed by atoms with Gasteiger partial charge >= 0.3 is 0 Å². The van der Waals surface area contributed by atoms with Crippen LogP contribution in [-0.2, 0) is 16.8 Å². The van der Waals surface area contributed by atoms with Crippen LogP contribution in [0.3, 0.4) is 0 Å². The van der Waals surface area contributed by atoms with Crippen LogP contribution in [0.25, 0.3) is 0 Å². The van der Waals surface area contributed by atoms with Crippen LogP contribution >= 0.6 is 0 Å². The third-order valence-electron chi connectivity index (χ3n) is 7.17. The van der Waals surface area contributed by atoms with Crippen LogP contribution in [0.4, 0.5) is 5.69 Å². The molecule has 1 N–H and O–H groups in total. The third-order valence-corrected chi connectivity index (χ3v) is 7.17. The van der Waals surface area contributed by atoms with Crippen molar-refractivity contribution in [3.05, 3.63) is 53.6 Å². The summed E-state index contributed by atoms with van der Waals surface area (Å²) in [4.78, 5) is 18.5.